The first-order valence-electron chi connectivity index (χ1n) is 9.19. The monoisotopic (exact) mass is 378 g/mol. The molecule has 1 aliphatic heterocycles. The Bertz CT molecular complexity index is 898. The Morgan fingerprint density at radius 3 is 2.57 bits per heavy atom. The molecule has 0 aliphatic carbocycles. The number of methoxy groups -OCH3 is 1. The van der Waals surface area contributed by atoms with Gasteiger partial charge in [-0.05, 0) is 17.7 Å². The number of pyridine rings is 1. The van der Waals surface area contributed by atoms with Gasteiger partial charge in [-0.15, -0.1) is 0 Å². The van der Waals surface area contributed by atoms with E-state index in [0.29, 0.717) is 18.3 Å². The molecule has 28 heavy (non-hydrogen) atoms. The molecule has 1 N–H and O–H groups in total. The predicted molar refractivity (Wildman–Crippen MR) is 106 cm³/mol. The van der Waals surface area contributed by atoms with E-state index in [1.54, 1.807) is 13.3 Å². The van der Waals surface area contributed by atoms with Crippen molar-refractivity contribution in [2.45, 2.75) is 6.54 Å². The molecule has 0 unspecified atom stereocenters. The Kier molecular flexibility index (Phi) is 5.58. The number of nitrogens with one attached hydrogen (secondary N) is 1. The van der Waals surface area contributed by atoms with E-state index in [-0.39, 0.29) is 6.01 Å². The fourth-order valence-electron chi connectivity index (χ4n) is 2.93. The van der Waals surface area contributed by atoms with Gasteiger partial charge < -0.3 is 19.7 Å². The molecular formula is C20H22N6O2. The summed E-state index contributed by atoms with van der Waals surface area (Å²) in [6.07, 6.45) is 1.78. The molecule has 0 bridgehead atoms. The Hall–Kier alpha value is -3.26. The highest BCUT2D eigenvalue weighted by molar-refractivity contribution is 5.58. The molecule has 0 atom stereocenters. The normalized spacial score (nSPS) is 14.0. The smallest absolute Gasteiger partial charge is 0.321 e. The molecule has 8 heteroatoms. The minimum absolute atomic E-state index is 0.262. The lowest BCUT2D eigenvalue weighted by Gasteiger charge is -2.27. The molecule has 8 nitrogen and oxygen atoms in total. The van der Waals surface area contributed by atoms with Crippen molar-refractivity contribution in [2.24, 2.45) is 0 Å². The molecule has 1 aromatic carbocycles. The Morgan fingerprint density at radius 1 is 1.04 bits per heavy atom. The third kappa shape index (κ3) is 4.34. The quantitative estimate of drug-likeness (QED) is 0.700. The van der Waals surface area contributed by atoms with Crippen molar-refractivity contribution in [3.05, 3.63) is 54.2 Å². The van der Waals surface area contributed by atoms with Gasteiger partial charge in [0.2, 0.25) is 5.95 Å². The van der Waals surface area contributed by atoms with Crippen LogP contribution in [0.4, 0.5) is 11.8 Å². The third-order valence-electron chi connectivity index (χ3n) is 4.43. The SMILES string of the molecule is COc1nc(NCc2ccccc2)nc(-c2ccc(N3CCOCC3)nc2)n1. The number of aromatic nitrogens is 4. The molecule has 1 saturated heterocycles. The Labute approximate surface area is 163 Å². The van der Waals surface area contributed by atoms with Crippen LogP contribution in [-0.2, 0) is 11.3 Å². The second kappa shape index (κ2) is 8.62. The zero-order valence-electron chi connectivity index (χ0n) is 15.7. The lowest BCUT2D eigenvalue weighted by atomic mass is 10.2. The average molecular weight is 378 g/mol. The number of hydrogen-bond acceptors (Lipinski definition) is 8. The van der Waals surface area contributed by atoms with Crippen molar-refractivity contribution in [1.29, 1.82) is 0 Å². The van der Waals surface area contributed by atoms with Crippen LogP contribution in [0.3, 0.4) is 0 Å². The van der Waals surface area contributed by atoms with Crippen LogP contribution in [0.1, 0.15) is 5.56 Å². The number of rotatable bonds is 6. The van der Waals surface area contributed by atoms with E-state index >= 15 is 0 Å². The van der Waals surface area contributed by atoms with Crippen molar-refractivity contribution in [1.82, 2.24) is 19.9 Å². The van der Waals surface area contributed by atoms with Crippen molar-refractivity contribution in [3.8, 4) is 17.4 Å². The third-order valence-corrected chi connectivity index (χ3v) is 4.43. The topological polar surface area (TPSA) is 85.3 Å². The summed E-state index contributed by atoms with van der Waals surface area (Å²) in [7, 11) is 1.54. The summed E-state index contributed by atoms with van der Waals surface area (Å²) in [5.41, 5.74) is 1.94. The summed E-state index contributed by atoms with van der Waals surface area (Å²) < 4.78 is 10.6. The molecule has 2 aromatic heterocycles. The molecule has 1 aliphatic rings. The molecule has 3 heterocycles. The first-order valence-corrected chi connectivity index (χ1v) is 9.19. The van der Waals surface area contributed by atoms with Gasteiger partial charge in [-0.3, -0.25) is 0 Å². The van der Waals surface area contributed by atoms with Crippen LogP contribution in [0.15, 0.2) is 48.7 Å². The molecule has 0 radical (unpaired) electrons. The summed E-state index contributed by atoms with van der Waals surface area (Å²) in [6, 6.07) is 14.3. The van der Waals surface area contributed by atoms with Crippen LogP contribution >= 0.6 is 0 Å². The number of hydrogen-bond donors (Lipinski definition) is 1. The van der Waals surface area contributed by atoms with Crippen LogP contribution < -0.4 is 15.0 Å². The molecule has 3 aromatic rings. The van der Waals surface area contributed by atoms with Gasteiger partial charge in [0.1, 0.15) is 5.82 Å². The van der Waals surface area contributed by atoms with Gasteiger partial charge in [0.05, 0.1) is 20.3 Å². The van der Waals surface area contributed by atoms with Crippen molar-refractivity contribution in [3.63, 3.8) is 0 Å². The fraction of sp³-hybridized carbons (Fsp3) is 0.300. The molecular weight excluding hydrogens is 356 g/mol. The summed E-state index contributed by atoms with van der Waals surface area (Å²) in [5, 5.41) is 3.22. The van der Waals surface area contributed by atoms with Crippen molar-refractivity contribution < 1.29 is 9.47 Å². The second-order valence-electron chi connectivity index (χ2n) is 6.31. The van der Waals surface area contributed by atoms with E-state index in [4.69, 9.17) is 9.47 Å². The lowest BCUT2D eigenvalue weighted by Crippen LogP contribution is -2.36. The summed E-state index contributed by atoms with van der Waals surface area (Å²) >= 11 is 0. The maximum Gasteiger partial charge on any atom is 0.321 e. The molecule has 0 amide bonds. The van der Waals surface area contributed by atoms with Gasteiger partial charge in [-0.1, -0.05) is 30.3 Å². The molecule has 1 fully saturated rings. The van der Waals surface area contributed by atoms with Crippen LogP contribution in [0, 0.1) is 0 Å². The van der Waals surface area contributed by atoms with Gasteiger partial charge in [0, 0.05) is 31.4 Å². The average Bonchev–Trinajstić information content (AvgIpc) is 2.79. The van der Waals surface area contributed by atoms with Crippen molar-refractivity contribution >= 4 is 11.8 Å². The van der Waals surface area contributed by atoms with Gasteiger partial charge in [0.25, 0.3) is 0 Å². The maximum absolute atomic E-state index is 5.39. The highest BCUT2D eigenvalue weighted by Crippen LogP contribution is 2.21. The first kappa shape index (κ1) is 18.1. The van der Waals surface area contributed by atoms with E-state index in [0.717, 1.165) is 43.2 Å². The van der Waals surface area contributed by atoms with Crippen LogP contribution in [0.2, 0.25) is 0 Å². The van der Waals surface area contributed by atoms with E-state index in [2.05, 4.69) is 30.2 Å². The minimum atomic E-state index is 0.262. The zero-order chi connectivity index (χ0) is 19.2. The van der Waals surface area contributed by atoms with E-state index in [1.165, 1.54) is 0 Å². The van der Waals surface area contributed by atoms with Crippen molar-refractivity contribution in [2.75, 3.05) is 43.6 Å². The number of nitrogens with zero attached hydrogens (tertiary/aromatic N) is 5. The highest BCUT2D eigenvalue weighted by Gasteiger charge is 2.14. The minimum Gasteiger partial charge on any atom is -0.467 e. The molecule has 0 saturated carbocycles. The largest absolute Gasteiger partial charge is 0.467 e. The number of morpholine rings is 1. The first-order chi connectivity index (χ1) is 13.8. The summed E-state index contributed by atoms with van der Waals surface area (Å²) in [6.45, 7) is 3.76. The second-order valence-corrected chi connectivity index (χ2v) is 6.31. The van der Waals surface area contributed by atoms with Gasteiger partial charge in [0.15, 0.2) is 5.82 Å². The van der Waals surface area contributed by atoms with Gasteiger partial charge in [-0.2, -0.15) is 15.0 Å². The number of ether oxygens (including phenoxy) is 2. The predicted octanol–water partition coefficient (Wildman–Crippen LogP) is 2.39. The van der Waals surface area contributed by atoms with Gasteiger partial charge >= 0.3 is 6.01 Å². The van der Waals surface area contributed by atoms with Crippen LogP contribution in [0.25, 0.3) is 11.4 Å². The van der Waals surface area contributed by atoms with E-state index in [1.807, 2.05) is 42.5 Å². The Morgan fingerprint density at radius 2 is 1.86 bits per heavy atom. The Balaban J connectivity index is 1.53. The maximum atomic E-state index is 5.39. The lowest BCUT2D eigenvalue weighted by molar-refractivity contribution is 0.122. The number of anilines is 2. The van der Waals surface area contributed by atoms with Crippen LogP contribution in [-0.4, -0.2) is 53.3 Å². The highest BCUT2D eigenvalue weighted by atomic mass is 16.5. The number of benzene rings is 1. The molecule has 4 rings (SSSR count). The fourth-order valence-corrected chi connectivity index (χ4v) is 2.93. The van der Waals surface area contributed by atoms with E-state index < -0.39 is 0 Å². The molecule has 144 valence electrons. The van der Waals surface area contributed by atoms with E-state index in [9.17, 15) is 0 Å². The standard InChI is InChI=1S/C20H22N6O2/c1-27-20-24-18(23-19(25-20)22-13-15-5-3-2-4-6-15)16-7-8-17(21-14-16)26-9-11-28-12-10-26/h2-8,14H,9-13H2,1H3,(H,22,23,24,25). The van der Waals surface area contributed by atoms with Gasteiger partial charge in [-0.25, -0.2) is 4.98 Å². The van der Waals surface area contributed by atoms with Crippen LogP contribution in [0.5, 0.6) is 6.01 Å². The summed E-state index contributed by atoms with van der Waals surface area (Å²) in [4.78, 5) is 19.9. The zero-order valence-corrected chi connectivity index (χ0v) is 15.7. The summed E-state index contributed by atoms with van der Waals surface area (Å²) in [5.74, 6) is 1.90. The molecule has 0 spiro atoms.